The van der Waals surface area contributed by atoms with Gasteiger partial charge >= 0.3 is 0 Å². The van der Waals surface area contributed by atoms with Crippen molar-refractivity contribution in [2.45, 2.75) is 52.1 Å². The molecule has 0 aromatic carbocycles. The van der Waals surface area contributed by atoms with Gasteiger partial charge in [-0.15, -0.1) is 0 Å². The Kier molecular flexibility index (Phi) is 4.93. The van der Waals surface area contributed by atoms with E-state index in [0.29, 0.717) is 5.92 Å². The first kappa shape index (κ1) is 12.9. The molecule has 2 unspecified atom stereocenters. The van der Waals surface area contributed by atoms with Crippen molar-refractivity contribution in [3.8, 4) is 0 Å². The van der Waals surface area contributed by atoms with Crippen LogP contribution in [0.15, 0.2) is 0 Å². The van der Waals surface area contributed by atoms with E-state index in [1.165, 1.54) is 12.8 Å². The molecule has 80 valence electrons. The number of likely N-dealkylation sites (N-methyl/N-ethyl adjacent to an activating group) is 1. The first-order valence-corrected chi connectivity index (χ1v) is 5.27. The molecule has 0 bridgehead atoms. The molecule has 0 aromatic rings. The van der Waals surface area contributed by atoms with Crippen LogP contribution < -0.4 is 5.73 Å². The van der Waals surface area contributed by atoms with Crippen molar-refractivity contribution in [2.24, 2.45) is 11.7 Å². The van der Waals surface area contributed by atoms with Gasteiger partial charge in [-0.25, -0.2) is 0 Å². The molecule has 0 heterocycles. The Bertz CT molecular complexity index is 141. The maximum atomic E-state index is 6.24. The zero-order valence-corrected chi connectivity index (χ0v) is 10.1. The monoisotopic (exact) mass is 186 g/mol. The van der Waals surface area contributed by atoms with Crippen LogP contribution in [0.25, 0.3) is 0 Å². The smallest absolute Gasteiger partial charge is 0.0300 e. The third-order valence-corrected chi connectivity index (χ3v) is 3.33. The minimum atomic E-state index is 0.0919. The molecule has 0 amide bonds. The lowest BCUT2D eigenvalue weighted by Gasteiger charge is -2.41. The summed E-state index contributed by atoms with van der Waals surface area (Å²) in [5.74, 6) is 0.599. The summed E-state index contributed by atoms with van der Waals surface area (Å²) in [7, 11) is 4.19. The number of nitrogens with two attached hydrogens (primary N) is 1. The minimum Gasteiger partial charge on any atom is -0.326 e. The van der Waals surface area contributed by atoms with E-state index in [2.05, 4.69) is 46.7 Å². The largest absolute Gasteiger partial charge is 0.326 e. The van der Waals surface area contributed by atoms with E-state index in [1.54, 1.807) is 0 Å². The second-order valence-electron chi connectivity index (χ2n) is 4.84. The van der Waals surface area contributed by atoms with Gasteiger partial charge in [-0.1, -0.05) is 20.3 Å². The van der Waals surface area contributed by atoms with E-state index in [9.17, 15) is 0 Å². The molecule has 0 aromatic heterocycles. The normalized spacial score (nSPS) is 17.5. The molecule has 0 rings (SSSR count). The van der Waals surface area contributed by atoms with Crippen LogP contribution in [0, 0.1) is 5.92 Å². The lowest BCUT2D eigenvalue weighted by molar-refractivity contribution is 0.126. The average Bonchev–Trinajstić information content (AvgIpc) is 2.03. The van der Waals surface area contributed by atoms with E-state index in [4.69, 9.17) is 5.73 Å². The Hall–Kier alpha value is -0.0800. The lowest BCUT2D eigenvalue weighted by Crippen LogP contribution is -2.55. The molecule has 0 aliphatic heterocycles. The van der Waals surface area contributed by atoms with Gasteiger partial charge < -0.3 is 10.6 Å². The van der Waals surface area contributed by atoms with E-state index in [-0.39, 0.29) is 11.6 Å². The number of rotatable bonds is 5. The van der Waals surface area contributed by atoms with Gasteiger partial charge in [-0.3, -0.25) is 0 Å². The Morgan fingerprint density at radius 3 is 2.08 bits per heavy atom. The molecule has 2 nitrogen and oxygen atoms in total. The highest BCUT2D eigenvalue weighted by Gasteiger charge is 2.31. The van der Waals surface area contributed by atoms with Gasteiger partial charge in [-0.05, 0) is 40.3 Å². The van der Waals surface area contributed by atoms with Crippen LogP contribution in [-0.4, -0.2) is 30.6 Å². The lowest BCUT2D eigenvalue weighted by atomic mass is 9.83. The summed E-state index contributed by atoms with van der Waals surface area (Å²) >= 11 is 0. The Morgan fingerprint density at radius 2 is 1.77 bits per heavy atom. The molecule has 0 saturated carbocycles. The fourth-order valence-corrected chi connectivity index (χ4v) is 1.63. The summed E-state index contributed by atoms with van der Waals surface area (Å²) < 4.78 is 0. The van der Waals surface area contributed by atoms with Crippen molar-refractivity contribution < 1.29 is 0 Å². The molecular weight excluding hydrogens is 160 g/mol. The topological polar surface area (TPSA) is 29.3 Å². The first-order valence-electron chi connectivity index (χ1n) is 5.27. The van der Waals surface area contributed by atoms with Crippen LogP contribution in [0.3, 0.4) is 0 Å². The molecule has 0 fully saturated rings. The van der Waals surface area contributed by atoms with Gasteiger partial charge in [0.1, 0.15) is 0 Å². The predicted molar refractivity (Wildman–Crippen MR) is 59.8 cm³/mol. The van der Waals surface area contributed by atoms with Crippen LogP contribution >= 0.6 is 0 Å². The summed E-state index contributed by atoms with van der Waals surface area (Å²) in [6, 6.07) is 0.252. The zero-order valence-electron chi connectivity index (χ0n) is 10.1. The minimum absolute atomic E-state index is 0.0919. The molecule has 0 radical (unpaired) electrons. The molecule has 2 N–H and O–H groups in total. The summed E-state index contributed by atoms with van der Waals surface area (Å²) in [6.07, 6.45) is 2.44. The maximum absolute atomic E-state index is 6.24. The summed E-state index contributed by atoms with van der Waals surface area (Å²) in [5.41, 5.74) is 6.33. The average molecular weight is 186 g/mol. The number of hydrogen-bond donors (Lipinski definition) is 1. The van der Waals surface area contributed by atoms with Crippen molar-refractivity contribution in [1.82, 2.24) is 4.90 Å². The summed E-state index contributed by atoms with van der Waals surface area (Å²) in [6.45, 7) is 8.89. The number of nitrogens with zero attached hydrogens (tertiary/aromatic N) is 1. The number of hydrogen-bond acceptors (Lipinski definition) is 2. The summed E-state index contributed by atoms with van der Waals surface area (Å²) in [4.78, 5) is 2.21. The van der Waals surface area contributed by atoms with E-state index in [1.807, 2.05) is 0 Å². The Balaban J connectivity index is 4.30. The highest BCUT2D eigenvalue weighted by Crippen LogP contribution is 2.22. The van der Waals surface area contributed by atoms with Crippen molar-refractivity contribution in [1.29, 1.82) is 0 Å². The van der Waals surface area contributed by atoms with Gasteiger partial charge in [0.15, 0.2) is 0 Å². The first-order chi connectivity index (χ1) is 5.84. The Morgan fingerprint density at radius 1 is 1.31 bits per heavy atom. The summed E-state index contributed by atoms with van der Waals surface area (Å²) in [5, 5.41) is 0. The van der Waals surface area contributed by atoms with Gasteiger partial charge in [0.25, 0.3) is 0 Å². The van der Waals surface area contributed by atoms with Gasteiger partial charge in [0.05, 0.1) is 0 Å². The fraction of sp³-hybridized carbons (Fsp3) is 1.00. The van der Waals surface area contributed by atoms with Crippen molar-refractivity contribution in [3.05, 3.63) is 0 Å². The zero-order chi connectivity index (χ0) is 10.6. The molecule has 0 aliphatic rings. The van der Waals surface area contributed by atoms with Crippen LogP contribution in [0.1, 0.15) is 40.5 Å². The van der Waals surface area contributed by atoms with Crippen LogP contribution in [-0.2, 0) is 0 Å². The van der Waals surface area contributed by atoms with Gasteiger partial charge in [-0.2, -0.15) is 0 Å². The van der Waals surface area contributed by atoms with Crippen LogP contribution in [0.5, 0.6) is 0 Å². The van der Waals surface area contributed by atoms with Gasteiger partial charge in [0.2, 0.25) is 0 Å². The van der Waals surface area contributed by atoms with Crippen molar-refractivity contribution in [3.63, 3.8) is 0 Å². The second kappa shape index (κ2) is 4.97. The Labute approximate surface area is 83.5 Å². The molecule has 2 heteroatoms. The molecule has 13 heavy (non-hydrogen) atoms. The van der Waals surface area contributed by atoms with Crippen LogP contribution in [0.4, 0.5) is 0 Å². The highest BCUT2D eigenvalue weighted by molar-refractivity contribution is 4.91. The van der Waals surface area contributed by atoms with E-state index >= 15 is 0 Å². The quantitative estimate of drug-likeness (QED) is 0.712. The molecular formula is C11H26N2. The second-order valence-corrected chi connectivity index (χ2v) is 4.84. The molecule has 0 saturated heterocycles. The van der Waals surface area contributed by atoms with Crippen LogP contribution in [0.2, 0.25) is 0 Å². The van der Waals surface area contributed by atoms with Gasteiger partial charge in [0, 0.05) is 11.6 Å². The van der Waals surface area contributed by atoms with Crippen molar-refractivity contribution >= 4 is 0 Å². The predicted octanol–water partition coefficient (Wildman–Crippen LogP) is 2.09. The third-order valence-electron chi connectivity index (χ3n) is 3.33. The highest BCUT2D eigenvalue weighted by atomic mass is 15.2. The standard InChI is InChI=1S/C11H26N2/c1-7-8-9(2)10(12)11(3,4)13(5)6/h9-10H,7-8,12H2,1-6H3. The van der Waals surface area contributed by atoms with E-state index < -0.39 is 0 Å². The van der Waals surface area contributed by atoms with Crippen molar-refractivity contribution in [2.75, 3.05) is 14.1 Å². The SMILES string of the molecule is CCCC(C)C(N)C(C)(C)N(C)C. The third kappa shape index (κ3) is 3.28. The fourth-order valence-electron chi connectivity index (χ4n) is 1.63. The van der Waals surface area contributed by atoms with E-state index in [0.717, 1.165) is 0 Å². The molecule has 2 atom stereocenters. The molecule has 0 aliphatic carbocycles. The maximum Gasteiger partial charge on any atom is 0.0300 e. The molecule has 0 spiro atoms.